The summed E-state index contributed by atoms with van der Waals surface area (Å²) in [6, 6.07) is 10.7. The molecule has 12 heteroatoms. The highest BCUT2D eigenvalue weighted by atomic mass is 32.3. The molecule has 0 unspecified atom stereocenters. The lowest BCUT2D eigenvalue weighted by Gasteiger charge is -2.43. The third-order valence-corrected chi connectivity index (χ3v) is 10.2. The summed E-state index contributed by atoms with van der Waals surface area (Å²) in [5.74, 6) is 3.19. The number of carbonyl (C=O) groups is 1. The van der Waals surface area contributed by atoms with Gasteiger partial charge in [0, 0.05) is 53.6 Å². The lowest BCUT2D eigenvalue weighted by Crippen LogP contribution is -2.19. The van der Waals surface area contributed by atoms with Crippen LogP contribution in [0.1, 0.15) is 69.2 Å². The first-order valence-corrected chi connectivity index (χ1v) is 19.0. The van der Waals surface area contributed by atoms with Crippen LogP contribution in [0, 0.1) is 0 Å². The summed E-state index contributed by atoms with van der Waals surface area (Å²) >= 11 is 0. The van der Waals surface area contributed by atoms with Crippen LogP contribution in [0.2, 0.25) is 0 Å². The monoisotopic (exact) mass is 718 g/mol. The molecule has 0 saturated heterocycles. The molecule has 0 bridgehead atoms. The summed E-state index contributed by atoms with van der Waals surface area (Å²) in [5.41, 5.74) is 0. The zero-order chi connectivity index (χ0) is 36.7. The quantitative estimate of drug-likeness (QED) is 0.0993. The molecule has 0 N–H and O–H groups in total. The van der Waals surface area contributed by atoms with Gasteiger partial charge in [-0.25, -0.2) is 0 Å². The Morgan fingerprint density at radius 1 is 0.400 bits per heavy atom. The van der Waals surface area contributed by atoms with E-state index in [1.807, 2.05) is 62.3 Å². The first-order chi connectivity index (χ1) is 24.2. The summed E-state index contributed by atoms with van der Waals surface area (Å²) in [7, 11) is -3.41. The molecule has 11 nitrogen and oxygen atoms in total. The normalized spacial score (nSPS) is 11.3. The van der Waals surface area contributed by atoms with Crippen molar-refractivity contribution in [2.45, 2.75) is 83.9 Å². The Labute approximate surface area is 298 Å². The van der Waals surface area contributed by atoms with Crippen LogP contribution in [-0.4, -0.2) is 65.4 Å². The molecular weight excluding hydrogens is 664 g/mol. The van der Waals surface area contributed by atoms with Gasteiger partial charge in [0.2, 0.25) is 0 Å². The lowest BCUT2D eigenvalue weighted by atomic mass is 10.3. The molecule has 0 spiro atoms. The maximum atomic E-state index is 13.8. The summed E-state index contributed by atoms with van der Waals surface area (Å²) < 4.78 is 63.3. The molecule has 0 radical (unpaired) electrons. The van der Waals surface area contributed by atoms with E-state index in [4.69, 9.17) is 46.8 Å². The minimum atomic E-state index is -3.41. The van der Waals surface area contributed by atoms with Crippen LogP contribution in [0.5, 0.6) is 51.7 Å². The number of carbonyl (C=O) groups excluding carboxylic acids is 1. The molecule has 0 atom stereocenters. The molecule has 0 aliphatic carbocycles. The smallest absolute Gasteiger partial charge is 0.313 e. The molecule has 0 heterocycles. The molecular formula is C38H54O11S. The van der Waals surface area contributed by atoms with Crippen LogP contribution in [0.25, 0.3) is 0 Å². The summed E-state index contributed by atoms with van der Waals surface area (Å²) in [4.78, 5) is 15.1. The molecule has 0 aromatic heterocycles. The largest absolute Gasteiger partial charge is 0.494 e. The predicted molar refractivity (Wildman–Crippen MR) is 194 cm³/mol. The standard InChI is InChI=1S/C38H54O11S/c1-11-40-27-20-30(43-14-4)36(31(21-27)44-15-5)50(49-26(10)39,37-32(45-16-6)22-28(41-12-2)23-33(37)46-17-7)38-34(47-18-8)24-29(42-13-3)25-35(38)48-19-9/h20-25H,11-19H2,1-10H3. The van der Waals surface area contributed by atoms with Crippen molar-refractivity contribution in [1.29, 1.82) is 0 Å². The van der Waals surface area contributed by atoms with Crippen LogP contribution in [0.15, 0.2) is 51.1 Å². The van der Waals surface area contributed by atoms with Crippen molar-refractivity contribution in [3.63, 3.8) is 0 Å². The number of rotatable bonds is 22. The fraction of sp³-hybridized carbons (Fsp3) is 0.500. The van der Waals surface area contributed by atoms with Gasteiger partial charge in [-0.05, 0) is 62.3 Å². The Kier molecular flexibility index (Phi) is 15.9. The molecule has 0 amide bonds. The SMILES string of the molecule is CCOc1cc(OCC)c(S(OC(C)=O)(c2c(OCC)cc(OCC)cc2OCC)c2c(OCC)cc(OCC)cc2OCC)c(OCC)c1. The molecule has 0 aliphatic rings. The summed E-state index contributed by atoms with van der Waals surface area (Å²) in [6.07, 6.45) is 0. The van der Waals surface area contributed by atoms with Crippen LogP contribution in [0.4, 0.5) is 0 Å². The van der Waals surface area contributed by atoms with Crippen molar-refractivity contribution in [2.24, 2.45) is 0 Å². The number of ether oxygens (including phenoxy) is 9. The Bertz CT molecular complexity index is 1290. The number of hydrogen-bond acceptors (Lipinski definition) is 11. The van der Waals surface area contributed by atoms with E-state index in [0.29, 0.717) is 86.3 Å². The lowest BCUT2D eigenvalue weighted by molar-refractivity contribution is -0.131. The molecule has 3 rings (SSSR count). The Morgan fingerprint density at radius 2 is 0.600 bits per heavy atom. The third-order valence-electron chi connectivity index (χ3n) is 6.82. The van der Waals surface area contributed by atoms with Crippen molar-refractivity contribution in [3.05, 3.63) is 36.4 Å². The zero-order valence-electron chi connectivity index (χ0n) is 31.2. The van der Waals surface area contributed by atoms with Gasteiger partial charge in [0.15, 0.2) is 0 Å². The van der Waals surface area contributed by atoms with E-state index in [-0.39, 0.29) is 39.6 Å². The van der Waals surface area contributed by atoms with Crippen LogP contribution < -0.4 is 42.6 Å². The van der Waals surface area contributed by atoms with Crippen molar-refractivity contribution >= 4 is 16.3 Å². The van der Waals surface area contributed by atoms with Gasteiger partial charge in [-0.15, -0.1) is 0 Å². The van der Waals surface area contributed by atoms with Gasteiger partial charge < -0.3 is 46.8 Å². The molecule has 0 aliphatic heterocycles. The van der Waals surface area contributed by atoms with E-state index in [2.05, 4.69) is 0 Å². The van der Waals surface area contributed by atoms with Gasteiger partial charge in [-0.2, -0.15) is 0 Å². The Morgan fingerprint density at radius 3 is 0.760 bits per heavy atom. The molecule has 278 valence electrons. The average Bonchev–Trinajstić information content (AvgIpc) is 3.05. The van der Waals surface area contributed by atoms with Gasteiger partial charge >= 0.3 is 5.97 Å². The van der Waals surface area contributed by atoms with Crippen molar-refractivity contribution in [1.82, 2.24) is 0 Å². The average molecular weight is 719 g/mol. The highest BCUT2D eigenvalue weighted by Gasteiger charge is 2.49. The van der Waals surface area contributed by atoms with E-state index in [9.17, 15) is 4.79 Å². The second kappa shape index (κ2) is 19.8. The highest BCUT2D eigenvalue weighted by molar-refractivity contribution is 8.30. The van der Waals surface area contributed by atoms with Gasteiger partial charge in [-0.1, -0.05) is 0 Å². The van der Waals surface area contributed by atoms with Crippen LogP contribution in [-0.2, 0) is 8.98 Å². The van der Waals surface area contributed by atoms with Gasteiger partial charge in [0.25, 0.3) is 0 Å². The fourth-order valence-corrected chi connectivity index (χ4v) is 9.06. The molecule has 0 saturated carbocycles. The van der Waals surface area contributed by atoms with Crippen molar-refractivity contribution < 1.29 is 51.6 Å². The first kappa shape index (κ1) is 40.1. The minimum Gasteiger partial charge on any atom is -0.494 e. The van der Waals surface area contributed by atoms with E-state index in [1.165, 1.54) is 6.92 Å². The van der Waals surface area contributed by atoms with Gasteiger partial charge in [0.1, 0.15) is 66.4 Å². The third kappa shape index (κ3) is 9.07. The Balaban J connectivity index is 2.89. The first-order valence-electron chi connectivity index (χ1n) is 17.5. The van der Waals surface area contributed by atoms with E-state index < -0.39 is 16.3 Å². The van der Waals surface area contributed by atoms with Gasteiger partial charge in [-0.3, -0.25) is 4.79 Å². The maximum absolute atomic E-state index is 13.8. The molecule has 0 fully saturated rings. The van der Waals surface area contributed by atoms with E-state index in [1.54, 1.807) is 36.4 Å². The number of hydrogen-bond donors (Lipinski definition) is 0. The molecule has 3 aromatic carbocycles. The van der Waals surface area contributed by atoms with Gasteiger partial charge in [0.05, 0.1) is 59.5 Å². The van der Waals surface area contributed by atoms with Crippen LogP contribution >= 0.6 is 10.3 Å². The number of benzene rings is 3. The second-order valence-electron chi connectivity index (χ2n) is 10.3. The summed E-state index contributed by atoms with van der Waals surface area (Å²) in [5, 5.41) is 0. The topological polar surface area (TPSA) is 109 Å². The fourth-order valence-electron chi connectivity index (χ4n) is 5.44. The maximum Gasteiger partial charge on any atom is 0.313 e. The zero-order valence-corrected chi connectivity index (χ0v) is 32.0. The summed E-state index contributed by atoms with van der Waals surface area (Å²) in [6.45, 7) is 21.2. The van der Waals surface area contributed by atoms with Crippen molar-refractivity contribution in [2.75, 3.05) is 59.5 Å². The predicted octanol–water partition coefficient (Wildman–Crippen LogP) is 9.03. The minimum absolute atomic E-state index is 0.281. The van der Waals surface area contributed by atoms with E-state index >= 15 is 0 Å². The Hall–Kier alpha value is -4.32. The van der Waals surface area contributed by atoms with Crippen molar-refractivity contribution in [3.8, 4) is 51.7 Å². The second-order valence-corrected chi connectivity index (χ2v) is 12.8. The molecule has 3 aromatic rings. The molecule has 50 heavy (non-hydrogen) atoms. The highest BCUT2D eigenvalue weighted by Crippen LogP contribution is 2.80. The van der Waals surface area contributed by atoms with Crippen LogP contribution in [0.3, 0.4) is 0 Å². The van der Waals surface area contributed by atoms with E-state index in [0.717, 1.165) is 0 Å².